The number of ether oxygens (including phenoxy) is 2. The van der Waals surface area contributed by atoms with Crippen molar-refractivity contribution in [3.05, 3.63) is 0 Å². The standard InChI is InChI=1S/C17H33N3O2.C11H19NO3.C6H14N2.CH4/c1-17(2,3)22-16(21)18-14-7-5-8-15(13-14)20-10-6-9-19(4)11-12-20;1-11(2,3)15-10(14)12-8-5-4-6-9(13)7-8;1-8-5-2-3-7-4-6-8;/h14-15H,5-13H2,1-4H3,(H,18,21);8H,4-7H2,1-3H3,(H,12,14);7H,2-6H2,1H3;1H4. The number of hydrogen-bond acceptors (Lipinski definition) is 9. The minimum atomic E-state index is -0.483. The van der Waals surface area contributed by atoms with Crippen LogP contribution in [0.5, 0.6) is 0 Å². The molecule has 4 rings (SSSR count). The van der Waals surface area contributed by atoms with Gasteiger partial charge in [-0.2, -0.15) is 0 Å². The van der Waals surface area contributed by atoms with E-state index in [1.807, 2.05) is 41.5 Å². The summed E-state index contributed by atoms with van der Waals surface area (Å²) in [7, 11) is 4.38. The molecule has 2 heterocycles. The SMILES string of the molecule is C.CC(C)(C)OC(=O)NC1CCCC(=O)C1.CN1CCCN(C2CCCC(NC(=O)OC(C)(C)C)C2)CC1.CN1CCCNCC1. The summed E-state index contributed by atoms with van der Waals surface area (Å²) >= 11 is 0. The molecule has 0 aromatic carbocycles. The van der Waals surface area contributed by atoms with Gasteiger partial charge in [0.2, 0.25) is 0 Å². The number of alkyl carbamates (subject to hydrolysis) is 2. The fourth-order valence-corrected chi connectivity index (χ4v) is 6.14. The zero-order chi connectivity index (χ0) is 33.5. The Morgan fingerprint density at radius 3 is 1.93 bits per heavy atom. The summed E-state index contributed by atoms with van der Waals surface area (Å²) in [5, 5.41) is 9.13. The van der Waals surface area contributed by atoms with Crippen molar-refractivity contribution >= 4 is 18.0 Å². The maximum Gasteiger partial charge on any atom is 0.407 e. The molecule has 4 fully saturated rings. The van der Waals surface area contributed by atoms with E-state index in [2.05, 4.69) is 44.7 Å². The van der Waals surface area contributed by atoms with Crippen LogP contribution in [-0.4, -0.2) is 128 Å². The van der Waals surface area contributed by atoms with Gasteiger partial charge in [0, 0.05) is 57.1 Å². The van der Waals surface area contributed by atoms with Crippen molar-refractivity contribution in [3.63, 3.8) is 0 Å². The molecule has 0 spiro atoms. The first-order chi connectivity index (χ1) is 21.1. The lowest BCUT2D eigenvalue weighted by Gasteiger charge is -2.37. The van der Waals surface area contributed by atoms with Crippen molar-refractivity contribution in [3.8, 4) is 0 Å². The fraction of sp³-hybridized carbons (Fsp3) is 0.914. The van der Waals surface area contributed by atoms with Crippen LogP contribution in [-0.2, 0) is 14.3 Å². The topological polar surface area (TPSA) is 115 Å². The Hall–Kier alpha value is -1.95. The first-order valence-electron chi connectivity index (χ1n) is 17.4. The zero-order valence-corrected chi connectivity index (χ0v) is 29.8. The molecule has 2 aliphatic carbocycles. The summed E-state index contributed by atoms with van der Waals surface area (Å²) in [4.78, 5) is 41.9. The molecule has 0 radical (unpaired) electrons. The Morgan fingerprint density at radius 1 is 0.717 bits per heavy atom. The summed E-state index contributed by atoms with van der Waals surface area (Å²) in [5.41, 5.74) is -0.906. The van der Waals surface area contributed by atoms with Crippen molar-refractivity contribution in [2.24, 2.45) is 0 Å². The number of rotatable bonds is 3. The number of hydrogen-bond donors (Lipinski definition) is 3. The van der Waals surface area contributed by atoms with Crippen molar-refractivity contribution in [1.82, 2.24) is 30.7 Å². The van der Waals surface area contributed by atoms with Gasteiger partial charge in [0.25, 0.3) is 0 Å². The van der Waals surface area contributed by atoms with Crippen LogP contribution >= 0.6 is 0 Å². The molecule has 2 saturated heterocycles. The molecule has 4 aliphatic rings. The van der Waals surface area contributed by atoms with Gasteiger partial charge in [-0.1, -0.05) is 7.43 Å². The van der Waals surface area contributed by atoms with Gasteiger partial charge in [0.1, 0.15) is 17.0 Å². The first kappa shape index (κ1) is 42.1. The van der Waals surface area contributed by atoms with E-state index in [4.69, 9.17) is 9.47 Å². The van der Waals surface area contributed by atoms with Crippen molar-refractivity contribution in [2.45, 2.75) is 143 Å². The number of Topliss-reactive ketones (excluding diaryl/α,β-unsaturated/α-hetero) is 1. The van der Waals surface area contributed by atoms with E-state index in [1.54, 1.807) is 0 Å². The predicted octanol–water partition coefficient (Wildman–Crippen LogP) is 5.03. The summed E-state index contributed by atoms with van der Waals surface area (Å²) in [6.45, 7) is 20.7. The lowest BCUT2D eigenvalue weighted by Crippen LogP contribution is -2.47. The van der Waals surface area contributed by atoms with Crippen molar-refractivity contribution in [1.29, 1.82) is 0 Å². The Kier molecular flexibility index (Phi) is 19.3. The number of nitrogens with one attached hydrogen (secondary N) is 3. The molecule has 2 saturated carbocycles. The summed E-state index contributed by atoms with van der Waals surface area (Å²) in [6.07, 6.45) is 9.25. The molecule has 0 aromatic rings. The number of amides is 2. The molecule has 2 amide bonds. The highest BCUT2D eigenvalue weighted by Crippen LogP contribution is 2.24. The minimum absolute atomic E-state index is 0. The minimum Gasteiger partial charge on any atom is -0.444 e. The van der Waals surface area contributed by atoms with Crippen LogP contribution in [0.4, 0.5) is 9.59 Å². The third-order valence-electron chi connectivity index (χ3n) is 8.40. The lowest BCUT2D eigenvalue weighted by atomic mass is 9.90. The van der Waals surface area contributed by atoms with Crippen LogP contribution in [0.3, 0.4) is 0 Å². The Labute approximate surface area is 281 Å². The summed E-state index contributed by atoms with van der Waals surface area (Å²) in [6, 6.07) is 0.830. The molecule has 3 unspecified atom stereocenters. The van der Waals surface area contributed by atoms with Gasteiger partial charge in [-0.25, -0.2) is 9.59 Å². The van der Waals surface area contributed by atoms with Crippen LogP contribution in [0.25, 0.3) is 0 Å². The lowest BCUT2D eigenvalue weighted by molar-refractivity contribution is -0.120. The smallest absolute Gasteiger partial charge is 0.407 e. The van der Waals surface area contributed by atoms with Crippen LogP contribution in [0.15, 0.2) is 0 Å². The number of ketones is 1. The van der Waals surface area contributed by atoms with Crippen molar-refractivity contribution < 1.29 is 23.9 Å². The van der Waals surface area contributed by atoms with E-state index in [1.165, 1.54) is 58.4 Å². The predicted molar refractivity (Wildman–Crippen MR) is 187 cm³/mol. The molecule has 3 N–H and O–H groups in total. The Morgan fingerprint density at radius 2 is 1.30 bits per heavy atom. The van der Waals surface area contributed by atoms with E-state index >= 15 is 0 Å². The van der Waals surface area contributed by atoms with Crippen LogP contribution < -0.4 is 16.0 Å². The van der Waals surface area contributed by atoms with Crippen molar-refractivity contribution in [2.75, 3.05) is 66.5 Å². The highest BCUT2D eigenvalue weighted by molar-refractivity contribution is 5.80. The van der Waals surface area contributed by atoms with Crippen LogP contribution in [0.2, 0.25) is 0 Å². The van der Waals surface area contributed by atoms with E-state index in [0.29, 0.717) is 18.9 Å². The third kappa shape index (κ3) is 19.7. The second kappa shape index (κ2) is 21.1. The Bertz CT molecular complexity index is 882. The van der Waals surface area contributed by atoms with Gasteiger partial charge in [-0.3, -0.25) is 9.69 Å². The average Bonchev–Trinajstić information content (AvgIpc) is 3.29. The number of nitrogens with zero attached hydrogens (tertiary/aromatic N) is 3. The van der Waals surface area contributed by atoms with Gasteiger partial charge in [0.05, 0.1) is 0 Å². The molecule has 11 heteroatoms. The first-order valence-corrected chi connectivity index (χ1v) is 17.4. The zero-order valence-electron chi connectivity index (χ0n) is 29.8. The highest BCUT2D eigenvalue weighted by atomic mass is 16.6. The number of carbonyl (C=O) groups excluding carboxylic acids is 3. The molecule has 3 atom stereocenters. The molecule has 0 bridgehead atoms. The molecule has 2 aliphatic heterocycles. The molecule has 11 nitrogen and oxygen atoms in total. The highest BCUT2D eigenvalue weighted by Gasteiger charge is 2.29. The van der Waals surface area contributed by atoms with Gasteiger partial charge in [-0.15, -0.1) is 0 Å². The number of carbonyl (C=O) groups is 3. The molecular formula is C35H70N6O5. The second-order valence-corrected chi connectivity index (χ2v) is 15.2. The molecule has 270 valence electrons. The molecular weight excluding hydrogens is 584 g/mol. The maximum atomic E-state index is 12.0. The monoisotopic (exact) mass is 655 g/mol. The maximum absolute atomic E-state index is 12.0. The molecule has 0 aromatic heterocycles. The largest absolute Gasteiger partial charge is 0.444 e. The summed E-state index contributed by atoms with van der Waals surface area (Å²) < 4.78 is 10.5. The normalized spacial score (nSPS) is 25.5. The van der Waals surface area contributed by atoms with Gasteiger partial charge >= 0.3 is 12.2 Å². The second-order valence-electron chi connectivity index (χ2n) is 15.2. The molecule has 46 heavy (non-hydrogen) atoms. The van der Waals surface area contributed by atoms with Gasteiger partial charge < -0.3 is 35.2 Å². The Balaban J connectivity index is 0.000000380. The van der Waals surface area contributed by atoms with Crippen LogP contribution in [0, 0.1) is 0 Å². The summed E-state index contributed by atoms with van der Waals surface area (Å²) in [5.74, 6) is 0.224. The van der Waals surface area contributed by atoms with E-state index in [0.717, 1.165) is 45.3 Å². The van der Waals surface area contributed by atoms with E-state index in [-0.39, 0.29) is 31.4 Å². The van der Waals surface area contributed by atoms with E-state index in [9.17, 15) is 14.4 Å². The van der Waals surface area contributed by atoms with Crippen LogP contribution in [0.1, 0.15) is 113 Å². The van der Waals surface area contributed by atoms with E-state index < -0.39 is 17.3 Å². The average molecular weight is 655 g/mol. The quantitative estimate of drug-likeness (QED) is 0.386. The van der Waals surface area contributed by atoms with Gasteiger partial charge in [0.15, 0.2) is 0 Å². The fourth-order valence-electron chi connectivity index (χ4n) is 6.14. The van der Waals surface area contributed by atoms with Gasteiger partial charge in [-0.05, 0) is 133 Å². The number of likely N-dealkylation sites (N-methyl/N-ethyl adjacent to an activating group) is 2. The third-order valence-corrected chi connectivity index (χ3v) is 8.40.